The number of hydrogen-bond donors (Lipinski definition) is 1. The summed E-state index contributed by atoms with van der Waals surface area (Å²) in [5.74, 6) is -1.35. The Bertz CT molecular complexity index is 1080. The average Bonchev–Trinajstić information content (AvgIpc) is 2.80. The summed E-state index contributed by atoms with van der Waals surface area (Å²) in [4.78, 5) is 28.0. The van der Waals surface area contributed by atoms with Gasteiger partial charge in [0, 0.05) is 26.7 Å². The monoisotopic (exact) mass is 506 g/mol. The highest BCUT2D eigenvalue weighted by molar-refractivity contribution is 7.90. The third-order valence-electron chi connectivity index (χ3n) is 5.43. The molecule has 0 spiro atoms. The van der Waals surface area contributed by atoms with Crippen molar-refractivity contribution in [3.63, 3.8) is 0 Å². The first-order valence-corrected chi connectivity index (χ1v) is 13.0. The van der Waals surface area contributed by atoms with E-state index >= 15 is 0 Å². The molecule has 192 valence electrons. The first-order chi connectivity index (χ1) is 16.5. The molecule has 0 unspecified atom stereocenters. The van der Waals surface area contributed by atoms with Crippen LogP contribution in [0.1, 0.15) is 32.8 Å². The number of benzene rings is 2. The van der Waals surface area contributed by atoms with E-state index in [9.17, 15) is 22.4 Å². The SMILES string of the molecule is CC[C@@H](C(=O)NC(C)C)N(CCc1ccccc1)C(=O)CN(c1ccc(F)cc1)S(=O)(=O)N(C)C. The molecule has 2 amide bonds. The van der Waals surface area contributed by atoms with Gasteiger partial charge in [0.05, 0.1) is 5.69 Å². The molecule has 0 saturated heterocycles. The van der Waals surface area contributed by atoms with Gasteiger partial charge in [-0.25, -0.2) is 8.70 Å². The molecule has 35 heavy (non-hydrogen) atoms. The van der Waals surface area contributed by atoms with Crippen LogP contribution in [0.25, 0.3) is 0 Å². The fourth-order valence-corrected chi connectivity index (χ4v) is 4.66. The van der Waals surface area contributed by atoms with Crippen LogP contribution in [0.3, 0.4) is 0 Å². The number of carbonyl (C=O) groups excluding carboxylic acids is 2. The lowest BCUT2D eigenvalue weighted by atomic mass is 10.1. The number of rotatable bonds is 12. The molecule has 0 aliphatic rings. The predicted octanol–water partition coefficient (Wildman–Crippen LogP) is 2.81. The Hall–Kier alpha value is -2.98. The molecule has 0 aromatic heterocycles. The first kappa shape index (κ1) is 28.3. The first-order valence-electron chi connectivity index (χ1n) is 11.6. The van der Waals surface area contributed by atoms with Crippen LogP contribution >= 0.6 is 0 Å². The Morgan fingerprint density at radius 3 is 2.11 bits per heavy atom. The van der Waals surface area contributed by atoms with Gasteiger partial charge in [-0.2, -0.15) is 12.7 Å². The van der Waals surface area contributed by atoms with Gasteiger partial charge in [-0.1, -0.05) is 37.3 Å². The van der Waals surface area contributed by atoms with Gasteiger partial charge in [0.2, 0.25) is 11.8 Å². The maximum absolute atomic E-state index is 13.6. The van der Waals surface area contributed by atoms with E-state index in [1.165, 1.54) is 31.1 Å². The molecule has 1 N–H and O–H groups in total. The quantitative estimate of drug-likeness (QED) is 0.479. The number of nitrogens with zero attached hydrogens (tertiary/aromatic N) is 3. The third kappa shape index (κ3) is 7.76. The van der Waals surface area contributed by atoms with Crippen LogP contribution in [0.4, 0.5) is 10.1 Å². The van der Waals surface area contributed by atoms with E-state index in [1.54, 1.807) is 0 Å². The molecule has 8 nitrogen and oxygen atoms in total. The van der Waals surface area contributed by atoms with E-state index in [-0.39, 0.29) is 24.2 Å². The van der Waals surface area contributed by atoms with Crippen molar-refractivity contribution in [1.29, 1.82) is 0 Å². The van der Waals surface area contributed by atoms with E-state index < -0.39 is 34.5 Å². The smallest absolute Gasteiger partial charge is 0.304 e. The molecule has 0 saturated carbocycles. The zero-order valence-electron chi connectivity index (χ0n) is 20.9. The molecule has 0 radical (unpaired) electrons. The molecule has 10 heteroatoms. The fourth-order valence-electron chi connectivity index (χ4n) is 3.60. The highest BCUT2D eigenvalue weighted by atomic mass is 32.2. The van der Waals surface area contributed by atoms with Crippen LogP contribution < -0.4 is 9.62 Å². The van der Waals surface area contributed by atoms with Gasteiger partial charge in [-0.15, -0.1) is 0 Å². The van der Waals surface area contributed by atoms with Crippen molar-refractivity contribution in [2.75, 3.05) is 31.5 Å². The molecule has 0 aliphatic carbocycles. The number of hydrogen-bond acceptors (Lipinski definition) is 4. The highest BCUT2D eigenvalue weighted by Gasteiger charge is 2.33. The summed E-state index contributed by atoms with van der Waals surface area (Å²) in [5.41, 5.74) is 1.14. The van der Waals surface area contributed by atoms with Crippen molar-refractivity contribution in [2.24, 2.45) is 0 Å². The molecular weight excluding hydrogens is 471 g/mol. The zero-order chi connectivity index (χ0) is 26.2. The summed E-state index contributed by atoms with van der Waals surface area (Å²) in [5, 5.41) is 2.85. The molecule has 2 rings (SSSR count). The van der Waals surface area contributed by atoms with E-state index in [2.05, 4.69) is 5.32 Å². The van der Waals surface area contributed by atoms with Crippen molar-refractivity contribution >= 4 is 27.7 Å². The van der Waals surface area contributed by atoms with Crippen molar-refractivity contribution in [1.82, 2.24) is 14.5 Å². The largest absolute Gasteiger partial charge is 0.352 e. The number of carbonyl (C=O) groups is 2. The van der Waals surface area contributed by atoms with E-state index in [0.717, 1.165) is 26.3 Å². The Kier molecular flexibility index (Phi) is 10.2. The lowest BCUT2D eigenvalue weighted by Crippen LogP contribution is -2.54. The lowest BCUT2D eigenvalue weighted by molar-refractivity contribution is -0.139. The summed E-state index contributed by atoms with van der Waals surface area (Å²) in [7, 11) is -1.36. The molecule has 0 fully saturated rings. The Morgan fingerprint density at radius 2 is 1.60 bits per heavy atom. The van der Waals surface area contributed by atoms with Crippen LogP contribution in [0.2, 0.25) is 0 Å². The summed E-state index contributed by atoms with van der Waals surface area (Å²) < 4.78 is 41.6. The second kappa shape index (κ2) is 12.6. The van der Waals surface area contributed by atoms with Crippen molar-refractivity contribution in [3.8, 4) is 0 Å². The minimum atomic E-state index is -4.08. The van der Waals surface area contributed by atoms with Crippen molar-refractivity contribution < 1.29 is 22.4 Å². The number of nitrogens with one attached hydrogen (secondary N) is 1. The fraction of sp³-hybridized carbons (Fsp3) is 0.440. The second-order valence-corrected chi connectivity index (χ2v) is 10.8. The average molecular weight is 507 g/mol. The van der Waals surface area contributed by atoms with E-state index in [4.69, 9.17) is 0 Å². The summed E-state index contributed by atoms with van der Waals surface area (Å²) in [6.07, 6.45) is 0.852. The van der Waals surface area contributed by atoms with Crippen LogP contribution in [0.5, 0.6) is 0 Å². The lowest BCUT2D eigenvalue weighted by Gasteiger charge is -2.34. The van der Waals surface area contributed by atoms with Gasteiger partial charge in [0.25, 0.3) is 0 Å². The number of anilines is 1. The standard InChI is InChI=1S/C25H35FN4O4S/c1-6-23(25(32)27-19(2)3)29(17-16-20-10-8-7-9-11-20)24(31)18-30(35(33,34)28(4)5)22-14-12-21(26)13-15-22/h7-15,19,23H,6,16-18H2,1-5H3,(H,27,32)/t23-/m0/s1. The summed E-state index contributed by atoms with van der Waals surface area (Å²) >= 11 is 0. The molecule has 1 atom stereocenters. The Labute approximate surface area is 207 Å². The van der Waals surface area contributed by atoms with E-state index in [0.29, 0.717) is 12.8 Å². The van der Waals surface area contributed by atoms with Gasteiger partial charge in [-0.3, -0.25) is 9.59 Å². The van der Waals surface area contributed by atoms with Crippen LogP contribution in [-0.4, -0.2) is 68.7 Å². The molecular formula is C25H35FN4O4S. The van der Waals surface area contributed by atoms with Gasteiger partial charge < -0.3 is 10.2 Å². The molecule has 0 bridgehead atoms. The van der Waals surface area contributed by atoms with Crippen LogP contribution in [0.15, 0.2) is 54.6 Å². The maximum Gasteiger partial charge on any atom is 0.304 e. The maximum atomic E-state index is 13.6. The van der Waals surface area contributed by atoms with Gasteiger partial charge in [0.15, 0.2) is 0 Å². The third-order valence-corrected chi connectivity index (χ3v) is 7.25. The zero-order valence-corrected chi connectivity index (χ0v) is 21.8. The van der Waals surface area contributed by atoms with Crippen molar-refractivity contribution in [3.05, 3.63) is 66.0 Å². The topological polar surface area (TPSA) is 90.0 Å². The Balaban J connectivity index is 2.42. The summed E-state index contributed by atoms with van der Waals surface area (Å²) in [6, 6.07) is 13.5. The van der Waals surface area contributed by atoms with Gasteiger partial charge in [-0.05, 0) is 56.5 Å². The second-order valence-electron chi connectivity index (χ2n) is 8.68. The molecule has 0 aliphatic heterocycles. The highest BCUT2D eigenvalue weighted by Crippen LogP contribution is 2.21. The molecule has 0 heterocycles. The summed E-state index contributed by atoms with van der Waals surface area (Å²) in [6.45, 7) is 5.17. The van der Waals surface area contributed by atoms with Crippen molar-refractivity contribution in [2.45, 2.75) is 45.7 Å². The number of halogens is 1. The minimum Gasteiger partial charge on any atom is -0.352 e. The normalized spacial score (nSPS) is 12.5. The van der Waals surface area contributed by atoms with Crippen LogP contribution in [-0.2, 0) is 26.2 Å². The molecule has 2 aromatic rings. The minimum absolute atomic E-state index is 0.118. The van der Waals surface area contributed by atoms with Gasteiger partial charge in [0.1, 0.15) is 18.4 Å². The number of amides is 2. The molecule has 2 aromatic carbocycles. The Morgan fingerprint density at radius 1 is 1.00 bits per heavy atom. The van der Waals surface area contributed by atoms with Gasteiger partial charge >= 0.3 is 10.2 Å². The van der Waals surface area contributed by atoms with Crippen LogP contribution in [0, 0.1) is 5.82 Å². The predicted molar refractivity (Wildman–Crippen MR) is 136 cm³/mol. The van der Waals surface area contributed by atoms with E-state index in [1.807, 2.05) is 51.1 Å².